The second-order valence-corrected chi connectivity index (χ2v) is 4.48. The van der Waals surface area contributed by atoms with E-state index in [1.807, 2.05) is 24.3 Å². The van der Waals surface area contributed by atoms with Gasteiger partial charge in [-0.3, -0.25) is 0 Å². The molecule has 0 aliphatic carbocycles. The molecule has 0 fully saturated rings. The van der Waals surface area contributed by atoms with Crippen LogP contribution in [0.1, 0.15) is 4.88 Å². The lowest BCUT2D eigenvalue weighted by Crippen LogP contribution is -2.12. The Balaban J connectivity index is 2.12. The highest BCUT2D eigenvalue weighted by Gasteiger charge is 2.05. The Morgan fingerprint density at radius 3 is 2.71 bits per heavy atom. The normalized spacial score (nSPS) is 10.1. The van der Waals surface area contributed by atoms with Crippen molar-refractivity contribution in [3.63, 3.8) is 0 Å². The molecule has 2 rings (SSSR count). The maximum Gasteiger partial charge on any atom is 0.404 e. The van der Waals surface area contributed by atoms with Crippen molar-refractivity contribution in [1.82, 2.24) is 4.98 Å². The molecule has 0 radical (unpaired) electrons. The minimum atomic E-state index is -0.785. The van der Waals surface area contributed by atoms with E-state index in [0.29, 0.717) is 5.69 Å². The molecule has 2 aromatic rings. The van der Waals surface area contributed by atoms with Crippen LogP contribution in [0.2, 0.25) is 0 Å². The van der Waals surface area contributed by atoms with Gasteiger partial charge in [0, 0.05) is 17.4 Å². The summed E-state index contributed by atoms with van der Waals surface area (Å²) in [6, 6.07) is 7.42. The molecule has 1 aromatic heterocycles. The van der Waals surface area contributed by atoms with E-state index in [9.17, 15) is 4.79 Å². The van der Waals surface area contributed by atoms with E-state index in [-0.39, 0.29) is 6.61 Å². The van der Waals surface area contributed by atoms with Crippen LogP contribution in [-0.2, 0) is 11.3 Å². The van der Waals surface area contributed by atoms with Crippen molar-refractivity contribution >= 4 is 23.1 Å². The Bertz CT molecular complexity index is 522. The lowest BCUT2D eigenvalue weighted by molar-refractivity contribution is 0.151. The standard InChI is InChI=1S/C11H11N3O2S/c12-8-3-1-7(2-4-8)10-14-5-9(17-10)6-16-11(13)15/h1-5H,6,12H2,(H2,13,15). The zero-order valence-electron chi connectivity index (χ0n) is 8.92. The summed E-state index contributed by atoms with van der Waals surface area (Å²) in [5.74, 6) is 0. The summed E-state index contributed by atoms with van der Waals surface area (Å²) in [5, 5.41) is 0.855. The molecular weight excluding hydrogens is 238 g/mol. The van der Waals surface area contributed by atoms with E-state index in [0.717, 1.165) is 15.4 Å². The predicted octanol–water partition coefficient (Wildman–Crippen LogP) is 1.99. The first-order valence-corrected chi connectivity index (χ1v) is 5.69. The van der Waals surface area contributed by atoms with Gasteiger partial charge < -0.3 is 16.2 Å². The van der Waals surface area contributed by atoms with Gasteiger partial charge in [-0.2, -0.15) is 0 Å². The van der Waals surface area contributed by atoms with Gasteiger partial charge in [-0.05, 0) is 24.3 Å². The van der Waals surface area contributed by atoms with Crippen LogP contribution < -0.4 is 11.5 Å². The predicted molar refractivity (Wildman–Crippen MR) is 66.3 cm³/mol. The minimum absolute atomic E-state index is 0.155. The van der Waals surface area contributed by atoms with Crippen molar-refractivity contribution < 1.29 is 9.53 Å². The highest BCUT2D eigenvalue weighted by Crippen LogP contribution is 2.26. The molecule has 0 bridgehead atoms. The number of ether oxygens (including phenoxy) is 1. The van der Waals surface area contributed by atoms with Gasteiger partial charge in [0.05, 0.1) is 4.88 Å². The largest absolute Gasteiger partial charge is 0.444 e. The molecule has 1 heterocycles. The molecule has 88 valence electrons. The first-order valence-electron chi connectivity index (χ1n) is 4.88. The molecule has 5 nitrogen and oxygen atoms in total. The van der Waals surface area contributed by atoms with E-state index < -0.39 is 6.09 Å². The molecule has 0 unspecified atom stereocenters. The summed E-state index contributed by atoms with van der Waals surface area (Å²) in [6.07, 6.45) is 0.881. The average molecular weight is 249 g/mol. The van der Waals surface area contributed by atoms with Gasteiger partial charge in [0.1, 0.15) is 11.6 Å². The number of primary amides is 1. The molecule has 17 heavy (non-hydrogen) atoms. The highest BCUT2D eigenvalue weighted by atomic mass is 32.1. The number of thiazole rings is 1. The minimum Gasteiger partial charge on any atom is -0.444 e. The van der Waals surface area contributed by atoms with Gasteiger partial charge in [-0.15, -0.1) is 11.3 Å². The summed E-state index contributed by atoms with van der Waals surface area (Å²) in [5.41, 5.74) is 12.2. The van der Waals surface area contributed by atoms with E-state index in [1.165, 1.54) is 11.3 Å². The molecule has 0 saturated carbocycles. The maximum atomic E-state index is 10.5. The number of nitrogen functional groups attached to an aromatic ring is 1. The van der Waals surface area contributed by atoms with Crippen molar-refractivity contribution in [2.24, 2.45) is 5.73 Å². The number of amides is 1. The van der Waals surface area contributed by atoms with E-state index >= 15 is 0 Å². The van der Waals surface area contributed by atoms with E-state index in [4.69, 9.17) is 11.5 Å². The third-order valence-corrected chi connectivity index (χ3v) is 3.09. The molecule has 6 heteroatoms. The van der Waals surface area contributed by atoms with Crippen LogP contribution in [-0.4, -0.2) is 11.1 Å². The zero-order chi connectivity index (χ0) is 12.3. The topological polar surface area (TPSA) is 91.2 Å². The molecular formula is C11H11N3O2S. The van der Waals surface area contributed by atoms with Crippen LogP contribution >= 0.6 is 11.3 Å². The van der Waals surface area contributed by atoms with Crippen LogP contribution in [0.15, 0.2) is 30.5 Å². The van der Waals surface area contributed by atoms with Crippen molar-refractivity contribution in [2.75, 3.05) is 5.73 Å². The second kappa shape index (κ2) is 4.84. The molecule has 0 spiro atoms. The number of nitrogens with two attached hydrogens (primary N) is 2. The van der Waals surface area contributed by atoms with Crippen LogP contribution in [0, 0.1) is 0 Å². The molecule has 0 aliphatic heterocycles. The fourth-order valence-corrected chi connectivity index (χ4v) is 2.11. The molecule has 1 amide bonds. The number of benzene rings is 1. The van der Waals surface area contributed by atoms with Crippen molar-refractivity contribution in [1.29, 1.82) is 0 Å². The number of rotatable bonds is 3. The number of carbonyl (C=O) groups excluding carboxylic acids is 1. The number of carbonyl (C=O) groups is 1. The Hall–Kier alpha value is -2.08. The van der Waals surface area contributed by atoms with Gasteiger partial charge in [0.25, 0.3) is 0 Å². The zero-order valence-corrected chi connectivity index (χ0v) is 9.74. The quantitative estimate of drug-likeness (QED) is 0.814. The average Bonchev–Trinajstić information content (AvgIpc) is 2.76. The summed E-state index contributed by atoms with van der Waals surface area (Å²) >= 11 is 1.45. The van der Waals surface area contributed by atoms with Gasteiger partial charge in [0.2, 0.25) is 0 Å². The highest BCUT2D eigenvalue weighted by molar-refractivity contribution is 7.15. The van der Waals surface area contributed by atoms with Crippen LogP contribution in [0.3, 0.4) is 0 Å². The second-order valence-electron chi connectivity index (χ2n) is 3.36. The van der Waals surface area contributed by atoms with Gasteiger partial charge in [-0.1, -0.05) is 0 Å². The number of hydrogen-bond donors (Lipinski definition) is 2. The third-order valence-electron chi connectivity index (χ3n) is 2.07. The Labute approximate surface area is 102 Å². The van der Waals surface area contributed by atoms with Gasteiger partial charge in [-0.25, -0.2) is 9.78 Å². The number of aromatic nitrogens is 1. The van der Waals surface area contributed by atoms with Crippen molar-refractivity contribution in [2.45, 2.75) is 6.61 Å². The number of hydrogen-bond acceptors (Lipinski definition) is 5. The van der Waals surface area contributed by atoms with Crippen molar-refractivity contribution in [3.8, 4) is 10.6 Å². The maximum absolute atomic E-state index is 10.5. The summed E-state index contributed by atoms with van der Waals surface area (Å²) in [6.45, 7) is 0.155. The summed E-state index contributed by atoms with van der Waals surface area (Å²) in [4.78, 5) is 15.5. The Kier molecular flexibility index (Phi) is 3.24. The summed E-state index contributed by atoms with van der Waals surface area (Å²) < 4.78 is 4.69. The Morgan fingerprint density at radius 1 is 1.35 bits per heavy atom. The fraction of sp³-hybridized carbons (Fsp3) is 0.0909. The number of anilines is 1. The summed E-state index contributed by atoms with van der Waals surface area (Å²) in [7, 11) is 0. The lowest BCUT2D eigenvalue weighted by atomic mass is 10.2. The van der Waals surface area contributed by atoms with E-state index in [1.54, 1.807) is 6.20 Å². The SMILES string of the molecule is NC(=O)OCc1cnc(-c2ccc(N)cc2)s1. The monoisotopic (exact) mass is 249 g/mol. The first kappa shape index (κ1) is 11.4. The molecule has 4 N–H and O–H groups in total. The Morgan fingerprint density at radius 2 is 2.06 bits per heavy atom. The van der Waals surface area contributed by atoms with Crippen LogP contribution in [0.5, 0.6) is 0 Å². The molecule has 1 aromatic carbocycles. The number of nitrogens with zero attached hydrogens (tertiary/aromatic N) is 1. The fourth-order valence-electron chi connectivity index (χ4n) is 1.28. The van der Waals surface area contributed by atoms with Crippen LogP contribution in [0.4, 0.5) is 10.5 Å². The lowest BCUT2D eigenvalue weighted by Gasteiger charge is -1.97. The molecule has 0 saturated heterocycles. The third kappa shape index (κ3) is 2.94. The van der Waals surface area contributed by atoms with Crippen LogP contribution in [0.25, 0.3) is 10.6 Å². The molecule has 0 aliphatic rings. The van der Waals surface area contributed by atoms with E-state index in [2.05, 4.69) is 9.72 Å². The first-order chi connectivity index (χ1) is 8.15. The van der Waals surface area contributed by atoms with Gasteiger partial charge in [0.15, 0.2) is 0 Å². The smallest absolute Gasteiger partial charge is 0.404 e. The van der Waals surface area contributed by atoms with Crippen molar-refractivity contribution in [3.05, 3.63) is 35.3 Å². The van der Waals surface area contributed by atoms with Gasteiger partial charge >= 0.3 is 6.09 Å². The molecule has 0 atom stereocenters.